The zero-order chi connectivity index (χ0) is 29.5. The Labute approximate surface area is 291 Å². The molecule has 0 N–H and O–H groups in total. The van der Waals surface area contributed by atoms with Gasteiger partial charge in [0.15, 0.2) is 0 Å². The summed E-state index contributed by atoms with van der Waals surface area (Å²) in [7, 11) is -3.76. The zero-order valence-electron chi connectivity index (χ0n) is 27.8. The third kappa shape index (κ3) is 7.52. The second kappa shape index (κ2) is 15.2. The molecule has 2 saturated carbocycles. The third-order valence-corrected chi connectivity index (χ3v) is 39.0. The fourth-order valence-corrected chi connectivity index (χ4v) is 36.2. The van der Waals surface area contributed by atoms with E-state index < -0.39 is 43.5 Å². The van der Waals surface area contributed by atoms with Crippen molar-refractivity contribution in [2.24, 2.45) is 0 Å². The van der Waals surface area contributed by atoms with Gasteiger partial charge in [-0.1, -0.05) is 0 Å². The number of hydrogen-bond acceptors (Lipinski definition) is 2. The summed E-state index contributed by atoms with van der Waals surface area (Å²) in [5.74, 6) is 1.72. The first kappa shape index (κ1) is 36.5. The van der Waals surface area contributed by atoms with Crippen LogP contribution >= 0.6 is 0 Å². The molecule has 0 amide bonds. The maximum atomic E-state index is 7.46. The summed E-state index contributed by atoms with van der Waals surface area (Å²) in [5, 5.41) is 0. The fourth-order valence-electron chi connectivity index (χ4n) is 8.66. The van der Waals surface area contributed by atoms with Gasteiger partial charge in [0.05, 0.1) is 0 Å². The van der Waals surface area contributed by atoms with Crippen molar-refractivity contribution >= 4 is 34.7 Å². The molecule has 0 saturated heterocycles. The van der Waals surface area contributed by atoms with E-state index in [0.717, 1.165) is 11.1 Å². The summed E-state index contributed by atoms with van der Waals surface area (Å²) in [6.07, 6.45) is 18.8. The molecule has 2 fully saturated rings. The molecule has 2 aromatic rings. The maximum Gasteiger partial charge on any atom is -1.00 e. The molecule has 239 valence electrons. The average molecular weight is 764 g/mol. The van der Waals surface area contributed by atoms with Crippen LogP contribution in [0.4, 0.5) is 0 Å². The summed E-state index contributed by atoms with van der Waals surface area (Å²) < 4.78 is 15.9. The molecule has 0 spiro atoms. The van der Waals surface area contributed by atoms with Gasteiger partial charge in [0.2, 0.25) is 0 Å². The second-order valence-electron chi connectivity index (χ2n) is 15.0. The number of rotatable bonds is 9. The smallest absolute Gasteiger partial charge is 1.00 e. The molecule has 44 heavy (non-hydrogen) atoms. The summed E-state index contributed by atoms with van der Waals surface area (Å²) in [5.41, 5.74) is 7.57. The molecule has 4 aliphatic carbocycles. The molecule has 0 bridgehead atoms. The van der Waals surface area contributed by atoms with E-state index in [0.29, 0.717) is 7.25 Å². The molecule has 6 rings (SSSR count). The van der Waals surface area contributed by atoms with E-state index in [1.54, 1.807) is 11.1 Å². The van der Waals surface area contributed by atoms with E-state index in [1.165, 1.54) is 86.9 Å². The van der Waals surface area contributed by atoms with Crippen LogP contribution in [0.2, 0.25) is 50.4 Å². The SMILES string of the molecule is C[SiH](C)[Zr+2]([CH]1C(O[Si](C)(C)C2CCCCC2)=Cc2ccccc21)[CH]1C(O[Si](C)(C)C2CCCCC2)=Cc2ccccc21.[Cl-].[Cl-]. The topological polar surface area (TPSA) is 18.5 Å². The minimum atomic E-state index is -2.29. The zero-order valence-corrected chi connectivity index (χ0v) is 34.9. The van der Waals surface area contributed by atoms with Gasteiger partial charge in [-0.25, -0.2) is 0 Å². The summed E-state index contributed by atoms with van der Waals surface area (Å²) in [4.78, 5) is 0. The Morgan fingerprint density at radius 2 is 0.955 bits per heavy atom. The predicted molar refractivity (Wildman–Crippen MR) is 184 cm³/mol. The Bertz CT molecular complexity index is 1230. The molecule has 2 unspecified atom stereocenters. The molecule has 0 aliphatic heterocycles. The van der Waals surface area contributed by atoms with Crippen LogP contribution in [-0.4, -0.2) is 22.6 Å². The summed E-state index contributed by atoms with van der Waals surface area (Å²) in [6, 6.07) is 18.6. The monoisotopic (exact) mass is 761 g/mol. The van der Waals surface area contributed by atoms with Gasteiger partial charge in [-0.2, -0.15) is 0 Å². The first-order chi connectivity index (χ1) is 20.2. The number of halogens is 2. The van der Waals surface area contributed by atoms with Gasteiger partial charge in [0.1, 0.15) is 0 Å². The van der Waals surface area contributed by atoms with Gasteiger partial charge in [0.25, 0.3) is 0 Å². The van der Waals surface area contributed by atoms with Crippen molar-refractivity contribution in [3.8, 4) is 0 Å². The maximum absolute atomic E-state index is 7.46. The van der Waals surface area contributed by atoms with E-state index in [1.807, 2.05) is 0 Å². The van der Waals surface area contributed by atoms with Crippen LogP contribution in [0.1, 0.15) is 93.7 Å². The van der Waals surface area contributed by atoms with Crippen molar-refractivity contribution in [1.82, 2.24) is 0 Å². The molecule has 4 aliphatic rings. The molecule has 0 heterocycles. The Morgan fingerprint density at radius 3 is 1.32 bits per heavy atom. The molecule has 0 radical (unpaired) electrons. The Balaban J connectivity index is 0.00000221. The van der Waals surface area contributed by atoms with Crippen LogP contribution in [0.15, 0.2) is 60.0 Å². The van der Waals surface area contributed by atoms with Crippen molar-refractivity contribution in [3.05, 3.63) is 82.3 Å². The fraction of sp³-hybridized carbons (Fsp3) is 0.556. The van der Waals surface area contributed by atoms with E-state index >= 15 is 0 Å². The van der Waals surface area contributed by atoms with E-state index in [2.05, 4.69) is 100.0 Å². The van der Waals surface area contributed by atoms with Gasteiger partial charge < -0.3 is 24.8 Å². The molecule has 2 atom stereocenters. The van der Waals surface area contributed by atoms with Gasteiger partial charge in [-0.05, 0) is 0 Å². The molecule has 2 nitrogen and oxygen atoms in total. The van der Waals surface area contributed by atoms with Crippen LogP contribution in [0.25, 0.3) is 12.2 Å². The minimum absolute atomic E-state index is 0. The molecular formula is C36H53Cl2O2Si3Zr. The van der Waals surface area contributed by atoms with E-state index in [4.69, 9.17) is 8.85 Å². The Kier molecular flexibility index (Phi) is 12.6. The van der Waals surface area contributed by atoms with Crippen LogP contribution < -0.4 is 24.8 Å². The standard InChI is InChI=1S/2C17H23OSi.C2H7Si.2ClH.Zr/c2*1-19(2,17-10-4-3-5-11-17)18-16-12-14-8-6-7-9-15(14)13-16;1-3-2;;;/h2*6-9,12-13,17H,3-5,10-11H2,1-2H3;3H,1-2H3;2*1H;/q;;;;;+2/p-2. The first-order valence-electron chi connectivity index (χ1n) is 17.0. The number of allylic oxidation sites excluding steroid dienone is 2. The largest absolute Gasteiger partial charge is 1.00 e. The van der Waals surface area contributed by atoms with Crippen LogP contribution in [0.5, 0.6) is 0 Å². The third-order valence-electron chi connectivity index (χ3n) is 11.1. The van der Waals surface area contributed by atoms with Crippen LogP contribution in [-0.2, 0) is 29.8 Å². The summed E-state index contributed by atoms with van der Waals surface area (Å²) in [6.45, 7) is 15.4. The first-order valence-corrected chi connectivity index (χ1v) is 33.0. The van der Waals surface area contributed by atoms with Crippen molar-refractivity contribution in [1.29, 1.82) is 0 Å². The van der Waals surface area contributed by atoms with Gasteiger partial charge in [-0.15, -0.1) is 0 Å². The van der Waals surface area contributed by atoms with E-state index in [9.17, 15) is 0 Å². The Morgan fingerprint density at radius 1 is 0.591 bits per heavy atom. The number of fused-ring (bicyclic) bond motifs is 2. The van der Waals surface area contributed by atoms with Crippen molar-refractivity contribution in [2.75, 3.05) is 0 Å². The van der Waals surface area contributed by atoms with Gasteiger partial charge >= 0.3 is 269 Å². The van der Waals surface area contributed by atoms with Gasteiger partial charge in [0, 0.05) is 0 Å². The van der Waals surface area contributed by atoms with Crippen molar-refractivity contribution < 1.29 is 54.6 Å². The minimum Gasteiger partial charge on any atom is -1.00 e. The van der Waals surface area contributed by atoms with Crippen molar-refractivity contribution in [3.63, 3.8) is 0 Å². The molecular weight excluding hydrogens is 711 g/mol. The quantitative estimate of drug-likeness (QED) is 0.339. The van der Waals surface area contributed by atoms with Crippen LogP contribution in [0.3, 0.4) is 0 Å². The Hall–Kier alpha value is -0.366. The summed E-state index contributed by atoms with van der Waals surface area (Å²) >= 11 is -2.29. The molecule has 8 heteroatoms. The van der Waals surface area contributed by atoms with Gasteiger partial charge in [-0.3, -0.25) is 0 Å². The van der Waals surface area contributed by atoms with Crippen molar-refractivity contribution in [2.45, 2.75) is 122 Å². The number of benzene rings is 2. The predicted octanol–water partition coefficient (Wildman–Crippen LogP) is 4.90. The van der Waals surface area contributed by atoms with Crippen LogP contribution in [0, 0.1) is 0 Å². The molecule has 2 aromatic carbocycles. The molecule has 0 aromatic heterocycles. The van der Waals surface area contributed by atoms with E-state index in [-0.39, 0.29) is 24.8 Å². The second-order valence-corrected chi connectivity index (χ2v) is 43.5. The number of hydrogen-bond donors (Lipinski definition) is 0. The normalized spacial score (nSPS) is 22.2. The average Bonchev–Trinajstić information content (AvgIpc) is 3.51.